The molecule has 1 aromatic heterocycles. The Kier molecular flexibility index (Phi) is 3.87. The molecular weight excluding hydrogens is 368 g/mol. The summed E-state index contributed by atoms with van der Waals surface area (Å²) in [6.07, 6.45) is 0.918. The number of aromatic nitrogens is 1. The molecule has 142 valence electrons. The van der Waals surface area contributed by atoms with Gasteiger partial charge in [-0.05, 0) is 30.3 Å². The molecule has 0 bridgehead atoms. The maximum Gasteiger partial charge on any atom is 0.260 e. The number of carbonyl (C=O) groups excluding carboxylic acids is 3. The summed E-state index contributed by atoms with van der Waals surface area (Å²) in [5.74, 6) is -0.446. The monoisotopic (exact) mass is 384 g/mol. The van der Waals surface area contributed by atoms with Gasteiger partial charge in [0, 0.05) is 17.3 Å². The Morgan fingerprint density at radius 3 is 2.41 bits per heavy atom. The Morgan fingerprint density at radius 2 is 1.62 bits per heavy atom. The molecule has 0 fully saturated rings. The van der Waals surface area contributed by atoms with E-state index in [0.29, 0.717) is 28.2 Å². The quantitative estimate of drug-likeness (QED) is 0.753. The Bertz CT molecular complexity index is 1150. The second-order valence-electron chi connectivity index (χ2n) is 6.85. The number of rotatable bonds is 3. The highest BCUT2D eigenvalue weighted by atomic mass is 16.2. The number of carbonyl (C=O) groups is 3. The summed E-state index contributed by atoms with van der Waals surface area (Å²) in [4.78, 5) is 46.1. The van der Waals surface area contributed by atoms with Crippen LogP contribution in [-0.2, 0) is 4.79 Å². The number of anilines is 2. The summed E-state index contributed by atoms with van der Waals surface area (Å²) in [5.41, 5.74) is 2.21. The highest BCUT2D eigenvalue weighted by Crippen LogP contribution is 2.44. The lowest BCUT2D eigenvalue weighted by atomic mass is 10.0. The third-order valence-electron chi connectivity index (χ3n) is 5.13. The van der Waals surface area contributed by atoms with Crippen LogP contribution >= 0.6 is 0 Å². The lowest BCUT2D eigenvalue weighted by molar-refractivity contribution is -0.117. The van der Waals surface area contributed by atoms with E-state index in [9.17, 15) is 14.4 Å². The number of nitrogens with zero attached hydrogens (tertiary/aromatic N) is 3. The van der Waals surface area contributed by atoms with Crippen molar-refractivity contribution in [3.05, 3.63) is 89.6 Å². The first-order valence-electron chi connectivity index (χ1n) is 9.18. The predicted octanol–water partition coefficient (Wildman–Crippen LogP) is 2.84. The van der Waals surface area contributed by atoms with Crippen molar-refractivity contribution < 1.29 is 14.4 Å². The van der Waals surface area contributed by atoms with Crippen molar-refractivity contribution in [3.63, 3.8) is 0 Å². The van der Waals surface area contributed by atoms with Gasteiger partial charge in [0.05, 0.1) is 11.3 Å². The number of nitrogens with one attached hydrogen (secondary N) is 1. The first-order valence-corrected chi connectivity index (χ1v) is 9.18. The van der Waals surface area contributed by atoms with Crippen LogP contribution in [0, 0.1) is 0 Å². The normalized spacial score (nSPS) is 16.9. The molecular formula is C22H16N4O3. The molecule has 5 rings (SSSR count). The minimum atomic E-state index is -0.657. The smallest absolute Gasteiger partial charge is 0.260 e. The maximum absolute atomic E-state index is 13.3. The molecule has 2 aliphatic rings. The van der Waals surface area contributed by atoms with Gasteiger partial charge in [-0.25, -0.2) is 4.98 Å². The molecule has 0 saturated heterocycles. The highest BCUT2D eigenvalue weighted by molar-refractivity contribution is 6.17. The van der Waals surface area contributed by atoms with Crippen LogP contribution in [0.4, 0.5) is 11.5 Å². The van der Waals surface area contributed by atoms with E-state index in [2.05, 4.69) is 10.3 Å². The molecule has 3 heterocycles. The van der Waals surface area contributed by atoms with Gasteiger partial charge in [-0.15, -0.1) is 0 Å². The first-order chi connectivity index (χ1) is 14.1. The Labute approximate surface area is 166 Å². The molecule has 0 spiro atoms. The molecule has 0 aliphatic carbocycles. The van der Waals surface area contributed by atoms with E-state index in [1.807, 2.05) is 12.1 Å². The van der Waals surface area contributed by atoms with Crippen LogP contribution in [0.2, 0.25) is 0 Å². The lowest BCUT2D eigenvalue weighted by Gasteiger charge is -2.40. The van der Waals surface area contributed by atoms with Crippen molar-refractivity contribution in [2.45, 2.75) is 6.17 Å². The predicted molar refractivity (Wildman–Crippen MR) is 106 cm³/mol. The van der Waals surface area contributed by atoms with E-state index in [1.54, 1.807) is 65.7 Å². The third-order valence-corrected chi connectivity index (χ3v) is 5.13. The van der Waals surface area contributed by atoms with E-state index in [4.69, 9.17) is 0 Å². The van der Waals surface area contributed by atoms with Gasteiger partial charge in [0.2, 0.25) is 5.91 Å². The number of para-hydroxylation sites is 1. The van der Waals surface area contributed by atoms with Crippen LogP contribution in [0.1, 0.15) is 32.4 Å². The Balaban J connectivity index is 1.55. The first kappa shape index (κ1) is 17.1. The van der Waals surface area contributed by atoms with Gasteiger partial charge >= 0.3 is 0 Å². The standard InChI is InChI=1S/C22H16N4O3/c27-19(24-18-11-5-6-12-23-18)13-25-20-14-7-1-2-8-15(14)22(29)26(20)17-10-4-3-9-16(17)21(25)28/h1-12,20H,13H2,(H,23,24,27)/t20-/m1/s1. The van der Waals surface area contributed by atoms with Crippen molar-refractivity contribution in [2.24, 2.45) is 0 Å². The summed E-state index contributed by atoms with van der Waals surface area (Å²) in [5, 5.41) is 2.70. The molecule has 2 aliphatic heterocycles. The zero-order valence-corrected chi connectivity index (χ0v) is 15.3. The molecule has 1 atom stereocenters. The topological polar surface area (TPSA) is 82.6 Å². The highest BCUT2D eigenvalue weighted by Gasteiger charge is 2.48. The van der Waals surface area contributed by atoms with E-state index in [1.165, 1.54) is 4.90 Å². The molecule has 7 heteroatoms. The molecule has 0 unspecified atom stereocenters. The molecule has 29 heavy (non-hydrogen) atoms. The van der Waals surface area contributed by atoms with Crippen LogP contribution in [0.15, 0.2) is 72.9 Å². The van der Waals surface area contributed by atoms with Crippen LogP contribution in [-0.4, -0.2) is 34.2 Å². The van der Waals surface area contributed by atoms with E-state index >= 15 is 0 Å². The second kappa shape index (κ2) is 6.56. The fourth-order valence-electron chi connectivity index (χ4n) is 3.91. The summed E-state index contributed by atoms with van der Waals surface area (Å²) < 4.78 is 0. The summed E-state index contributed by atoms with van der Waals surface area (Å²) in [7, 11) is 0. The zero-order valence-electron chi connectivity index (χ0n) is 15.3. The molecule has 1 N–H and O–H groups in total. The average molecular weight is 384 g/mol. The summed E-state index contributed by atoms with van der Waals surface area (Å²) >= 11 is 0. The minimum absolute atomic E-state index is 0.180. The van der Waals surface area contributed by atoms with Gasteiger partial charge in [0.1, 0.15) is 18.5 Å². The van der Waals surface area contributed by atoms with Crippen molar-refractivity contribution in [1.29, 1.82) is 0 Å². The SMILES string of the molecule is O=C(CN1C(=O)c2ccccc2N2C(=O)c3ccccc3[C@H]12)Nc1ccccn1. The van der Waals surface area contributed by atoms with Crippen LogP contribution in [0.5, 0.6) is 0 Å². The van der Waals surface area contributed by atoms with Crippen molar-refractivity contribution in [2.75, 3.05) is 16.8 Å². The summed E-state index contributed by atoms with van der Waals surface area (Å²) in [6, 6.07) is 19.3. The number of benzene rings is 2. The van der Waals surface area contributed by atoms with E-state index in [-0.39, 0.29) is 24.3 Å². The molecule has 0 saturated carbocycles. The lowest BCUT2D eigenvalue weighted by Crippen LogP contribution is -2.50. The van der Waals surface area contributed by atoms with Crippen molar-refractivity contribution >= 4 is 29.2 Å². The molecule has 0 radical (unpaired) electrons. The van der Waals surface area contributed by atoms with Crippen LogP contribution in [0.25, 0.3) is 0 Å². The van der Waals surface area contributed by atoms with Crippen LogP contribution < -0.4 is 10.2 Å². The molecule has 7 nitrogen and oxygen atoms in total. The average Bonchev–Trinajstić information content (AvgIpc) is 3.05. The third kappa shape index (κ3) is 2.67. The second-order valence-corrected chi connectivity index (χ2v) is 6.85. The number of fused-ring (bicyclic) bond motifs is 5. The number of hydrogen-bond acceptors (Lipinski definition) is 4. The largest absolute Gasteiger partial charge is 0.309 e. The Hall–Kier alpha value is -4.00. The molecule has 2 aromatic carbocycles. The zero-order chi connectivity index (χ0) is 20.0. The molecule has 3 amide bonds. The molecule has 3 aromatic rings. The fourth-order valence-corrected chi connectivity index (χ4v) is 3.91. The van der Waals surface area contributed by atoms with Crippen molar-refractivity contribution in [3.8, 4) is 0 Å². The number of pyridine rings is 1. The van der Waals surface area contributed by atoms with Gasteiger partial charge in [-0.1, -0.05) is 36.4 Å². The van der Waals surface area contributed by atoms with Crippen molar-refractivity contribution in [1.82, 2.24) is 9.88 Å². The minimum Gasteiger partial charge on any atom is -0.309 e. The van der Waals surface area contributed by atoms with Gasteiger partial charge in [0.15, 0.2) is 0 Å². The number of amides is 3. The van der Waals surface area contributed by atoms with Gasteiger partial charge in [-0.3, -0.25) is 19.3 Å². The van der Waals surface area contributed by atoms with Gasteiger partial charge in [-0.2, -0.15) is 0 Å². The van der Waals surface area contributed by atoms with E-state index < -0.39 is 6.17 Å². The fraction of sp³-hybridized carbons (Fsp3) is 0.0909. The van der Waals surface area contributed by atoms with Gasteiger partial charge in [0.25, 0.3) is 11.8 Å². The maximum atomic E-state index is 13.3. The Morgan fingerprint density at radius 1 is 0.897 bits per heavy atom. The van der Waals surface area contributed by atoms with Gasteiger partial charge < -0.3 is 10.2 Å². The van der Waals surface area contributed by atoms with Crippen LogP contribution in [0.3, 0.4) is 0 Å². The van der Waals surface area contributed by atoms with E-state index in [0.717, 1.165) is 0 Å². The number of hydrogen-bond donors (Lipinski definition) is 1. The summed E-state index contributed by atoms with van der Waals surface area (Å²) in [6.45, 7) is -0.202.